The molecular weight excluding hydrogens is 258 g/mol. The van der Waals surface area contributed by atoms with Crippen LogP contribution in [0.25, 0.3) is 10.9 Å². The Kier molecular flexibility index (Phi) is 3.53. The van der Waals surface area contributed by atoms with E-state index in [4.69, 9.17) is 4.74 Å². The standard InChI is InChI=1S/C19H19NO/c1-4-16(14-9-11-15(21-3)12-10-14)19-13(2)20-18-8-6-5-7-17(18)19/h4-12,16,20H,1H2,2-3H3. The number of rotatable bonds is 4. The zero-order chi connectivity index (χ0) is 14.8. The monoisotopic (exact) mass is 277 g/mol. The fourth-order valence-corrected chi connectivity index (χ4v) is 2.93. The molecule has 21 heavy (non-hydrogen) atoms. The fraction of sp³-hybridized carbons (Fsp3) is 0.158. The van der Waals surface area contributed by atoms with Gasteiger partial charge < -0.3 is 9.72 Å². The van der Waals surface area contributed by atoms with Gasteiger partial charge >= 0.3 is 0 Å². The lowest BCUT2D eigenvalue weighted by Gasteiger charge is -2.14. The first-order valence-corrected chi connectivity index (χ1v) is 7.08. The van der Waals surface area contributed by atoms with Crippen LogP contribution >= 0.6 is 0 Å². The average molecular weight is 277 g/mol. The summed E-state index contributed by atoms with van der Waals surface area (Å²) in [6.45, 7) is 6.16. The zero-order valence-electron chi connectivity index (χ0n) is 12.4. The lowest BCUT2D eigenvalue weighted by molar-refractivity contribution is 0.414. The van der Waals surface area contributed by atoms with Crippen LogP contribution in [0.3, 0.4) is 0 Å². The molecule has 1 aromatic heterocycles. The molecule has 0 radical (unpaired) electrons. The van der Waals surface area contributed by atoms with Crippen LogP contribution in [0.4, 0.5) is 0 Å². The molecule has 2 heteroatoms. The van der Waals surface area contributed by atoms with Gasteiger partial charge in [0.2, 0.25) is 0 Å². The number of para-hydroxylation sites is 1. The van der Waals surface area contributed by atoms with E-state index in [-0.39, 0.29) is 5.92 Å². The molecule has 1 unspecified atom stereocenters. The molecule has 3 aromatic rings. The van der Waals surface area contributed by atoms with Gasteiger partial charge in [0.25, 0.3) is 0 Å². The zero-order valence-corrected chi connectivity index (χ0v) is 12.4. The maximum atomic E-state index is 5.24. The molecular formula is C19H19NO. The van der Waals surface area contributed by atoms with Crippen LogP contribution in [-0.2, 0) is 0 Å². The summed E-state index contributed by atoms with van der Waals surface area (Å²) in [5.74, 6) is 1.05. The normalized spacial score (nSPS) is 12.3. The van der Waals surface area contributed by atoms with Crippen molar-refractivity contribution in [2.24, 2.45) is 0 Å². The van der Waals surface area contributed by atoms with E-state index in [2.05, 4.69) is 54.9 Å². The SMILES string of the molecule is C=CC(c1ccc(OC)cc1)c1c(C)[nH]c2ccccc12. The number of aromatic amines is 1. The lowest BCUT2D eigenvalue weighted by atomic mass is 9.89. The first-order valence-electron chi connectivity index (χ1n) is 7.08. The summed E-state index contributed by atoms with van der Waals surface area (Å²) in [4.78, 5) is 3.46. The molecule has 0 aliphatic carbocycles. The average Bonchev–Trinajstić information content (AvgIpc) is 2.85. The van der Waals surface area contributed by atoms with E-state index in [1.54, 1.807) is 7.11 Å². The van der Waals surface area contributed by atoms with Crippen molar-refractivity contribution in [3.8, 4) is 5.75 Å². The van der Waals surface area contributed by atoms with Crippen LogP contribution in [0.2, 0.25) is 0 Å². The van der Waals surface area contributed by atoms with Crippen LogP contribution < -0.4 is 4.74 Å². The van der Waals surface area contributed by atoms with Gasteiger partial charge in [-0.3, -0.25) is 0 Å². The van der Waals surface area contributed by atoms with Gasteiger partial charge in [-0.15, -0.1) is 6.58 Å². The summed E-state index contributed by atoms with van der Waals surface area (Å²) >= 11 is 0. The van der Waals surface area contributed by atoms with Gasteiger partial charge in [-0.2, -0.15) is 0 Å². The van der Waals surface area contributed by atoms with Gasteiger partial charge in [-0.25, -0.2) is 0 Å². The van der Waals surface area contributed by atoms with Crippen LogP contribution in [0, 0.1) is 6.92 Å². The van der Waals surface area contributed by atoms with Crippen LogP contribution in [-0.4, -0.2) is 12.1 Å². The minimum absolute atomic E-state index is 0.173. The summed E-state index contributed by atoms with van der Waals surface area (Å²) in [6.07, 6.45) is 2.00. The summed E-state index contributed by atoms with van der Waals surface area (Å²) in [5.41, 5.74) is 4.88. The molecule has 0 saturated heterocycles. The second kappa shape index (κ2) is 5.49. The second-order valence-electron chi connectivity index (χ2n) is 5.20. The predicted octanol–water partition coefficient (Wildman–Crippen LogP) is 4.80. The van der Waals surface area contributed by atoms with Gasteiger partial charge in [0.05, 0.1) is 7.11 Å². The Morgan fingerprint density at radius 2 is 1.81 bits per heavy atom. The third kappa shape index (κ3) is 2.33. The highest BCUT2D eigenvalue weighted by Crippen LogP contribution is 2.34. The third-order valence-electron chi connectivity index (χ3n) is 3.97. The van der Waals surface area contributed by atoms with Gasteiger partial charge in [-0.1, -0.05) is 36.4 Å². The number of methoxy groups -OCH3 is 1. The second-order valence-corrected chi connectivity index (χ2v) is 5.20. The molecule has 1 atom stereocenters. The van der Waals surface area contributed by atoms with Crippen molar-refractivity contribution < 1.29 is 4.74 Å². The molecule has 0 saturated carbocycles. The van der Waals surface area contributed by atoms with Crippen LogP contribution in [0.15, 0.2) is 61.2 Å². The van der Waals surface area contributed by atoms with E-state index in [1.165, 1.54) is 27.7 Å². The molecule has 1 N–H and O–H groups in total. The van der Waals surface area contributed by atoms with Crippen molar-refractivity contribution in [3.63, 3.8) is 0 Å². The number of ether oxygens (including phenoxy) is 1. The number of hydrogen-bond donors (Lipinski definition) is 1. The maximum absolute atomic E-state index is 5.24. The Hall–Kier alpha value is -2.48. The molecule has 3 rings (SSSR count). The molecule has 2 aromatic carbocycles. The Morgan fingerprint density at radius 3 is 2.48 bits per heavy atom. The highest BCUT2D eigenvalue weighted by molar-refractivity contribution is 5.86. The molecule has 1 heterocycles. The Morgan fingerprint density at radius 1 is 1.10 bits per heavy atom. The number of benzene rings is 2. The number of hydrogen-bond acceptors (Lipinski definition) is 1. The molecule has 106 valence electrons. The highest BCUT2D eigenvalue weighted by Gasteiger charge is 2.17. The summed E-state index contributed by atoms with van der Waals surface area (Å²) < 4.78 is 5.24. The molecule has 0 aliphatic heterocycles. The summed E-state index contributed by atoms with van der Waals surface area (Å²) in [7, 11) is 1.68. The first-order chi connectivity index (χ1) is 10.2. The van der Waals surface area contributed by atoms with Crippen molar-refractivity contribution in [2.45, 2.75) is 12.8 Å². The van der Waals surface area contributed by atoms with Crippen molar-refractivity contribution in [1.29, 1.82) is 0 Å². The molecule has 0 aliphatic rings. The summed E-state index contributed by atoms with van der Waals surface area (Å²) in [6, 6.07) is 16.6. The number of fused-ring (bicyclic) bond motifs is 1. The maximum Gasteiger partial charge on any atom is 0.118 e. The van der Waals surface area contributed by atoms with E-state index in [9.17, 15) is 0 Å². The van der Waals surface area contributed by atoms with Crippen LogP contribution in [0.5, 0.6) is 5.75 Å². The van der Waals surface area contributed by atoms with Crippen molar-refractivity contribution >= 4 is 10.9 Å². The first kappa shape index (κ1) is 13.5. The quantitative estimate of drug-likeness (QED) is 0.681. The number of nitrogens with one attached hydrogen (secondary N) is 1. The Labute approximate surface area is 125 Å². The minimum atomic E-state index is 0.173. The van der Waals surface area contributed by atoms with E-state index in [1.807, 2.05) is 18.2 Å². The molecule has 0 bridgehead atoms. The van der Waals surface area contributed by atoms with Crippen molar-refractivity contribution in [1.82, 2.24) is 4.98 Å². The third-order valence-corrected chi connectivity index (χ3v) is 3.97. The van der Waals surface area contributed by atoms with E-state index >= 15 is 0 Å². The number of H-pyrrole nitrogens is 1. The smallest absolute Gasteiger partial charge is 0.118 e. The number of aromatic nitrogens is 1. The van der Waals surface area contributed by atoms with Gasteiger partial charge in [0.15, 0.2) is 0 Å². The Bertz CT molecular complexity index is 768. The van der Waals surface area contributed by atoms with Crippen molar-refractivity contribution in [3.05, 3.63) is 78.0 Å². The summed E-state index contributed by atoms with van der Waals surface area (Å²) in [5, 5.41) is 1.26. The largest absolute Gasteiger partial charge is 0.497 e. The van der Waals surface area contributed by atoms with Gasteiger partial charge in [-0.05, 0) is 36.2 Å². The van der Waals surface area contributed by atoms with Gasteiger partial charge in [0, 0.05) is 22.5 Å². The van der Waals surface area contributed by atoms with E-state index in [0.717, 1.165) is 5.75 Å². The predicted molar refractivity (Wildman–Crippen MR) is 88.1 cm³/mol. The van der Waals surface area contributed by atoms with E-state index in [0.29, 0.717) is 0 Å². The topological polar surface area (TPSA) is 25.0 Å². The lowest BCUT2D eigenvalue weighted by Crippen LogP contribution is -1.99. The van der Waals surface area contributed by atoms with E-state index < -0.39 is 0 Å². The molecule has 0 spiro atoms. The highest BCUT2D eigenvalue weighted by atomic mass is 16.5. The van der Waals surface area contributed by atoms with Crippen molar-refractivity contribution in [2.75, 3.05) is 7.11 Å². The van der Waals surface area contributed by atoms with Crippen LogP contribution in [0.1, 0.15) is 22.7 Å². The number of aryl methyl sites for hydroxylation is 1. The minimum Gasteiger partial charge on any atom is -0.497 e. The molecule has 0 fully saturated rings. The fourth-order valence-electron chi connectivity index (χ4n) is 2.93. The molecule has 2 nitrogen and oxygen atoms in total. The number of allylic oxidation sites excluding steroid dienone is 1. The van der Waals surface area contributed by atoms with Gasteiger partial charge in [0.1, 0.15) is 5.75 Å². The Balaban J connectivity index is 2.13. The molecule has 0 amide bonds.